The Morgan fingerprint density at radius 1 is 0.178 bits per heavy atom. The van der Waals surface area contributed by atoms with Gasteiger partial charge in [-0.1, -0.05) is 529 Å². The predicted octanol–water partition coefficient (Wildman–Crippen LogP) is 35.4. The normalized spacial score (nSPS) is 12.0. The molecule has 0 aliphatic heterocycles. The number of rotatable bonds is 14. The maximum atomic E-state index is 5.60. The minimum Gasteiger partial charge on any atom is -1.00 e. The molecule has 0 saturated carbocycles. The molecule has 696 valence electrons. The molecule has 23 aromatic carbocycles. The molecule has 4 aliphatic rings. The number of halogens is 3. The maximum Gasteiger partial charge on any atom is 0.0726 e. The summed E-state index contributed by atoms with van der Waals surface area (Å²) in [5.74, 6) is 0. The third kappa shape index (κ3) is 18.1. The van der Waals surface area contributed by atoms with E-state index < -0.39 is 5.41 Å². The van der Waals surface area contributed by atoms with E-state index in [4.69, 9.17) is 5.73 Å². The van der Waals surface area contributed by atoms with Crippen molar-refractivity contribution in [2.45, 2.75) is 10.8 Å². The first-order valence-electron chi connectivity index (χ1n) is 49.4. The van der Waals surface area contributed by atoms with Crippen molar-refractivity contribution >= 4 is 66.0 Å². The minimum atomic E-state index is -0.433. The zero-order chi connectivity index (χ0) is 97.4. The minimum absolute atomic E-state index is 0. The molecule has 23 aromatic rings. The van der Waals surface area contributed by atoms with E-state index in [1.165, 1.54) is 194 Å². The van der Waals surface area contributed by atoms with Gasteiger partial charge in [-0.15, -0.1) is 0 Å². The number of hydrogen-bond acceptors (Lipinski definition) is 3. The van der Waals surface area contributed by atoms with E-state index in [-0.39, 0.29) is 29.4 Å². The molecule has 0 bridgehead atoms. The van der Waals surface area contributed by atoms with Crippen LogP contribution in [0, 0.1) is 0 Å². The lowest BCUT2D eigenvalue weighted by atomic mass is 9.70. The summed E-state index contributed by atoms with van der Waals surface area (Å²) in [4.78, 5) is 2.51. The Morgan fingerprint density at radius 3 is 0.849 bits per heavy atom. The maximum absolute atomic E-state index is 5.60. The fourth-order valence-corrected chi connectivity index (χ4v) is 23.0. The fourth-order valence-electron chi connectivity index (χ4n) is 22.0. The van der Waals surface area contributed by atoms with Gasteiger partial charge in [0.25, 0.3) is 0 Å². The summed E-state index contributed by atoms with van der Waals surface area (Å²) in [7, 11) is 0. The van der Waals surface area contributed by atoms with Crippen molar-refractivity contribution in [2.24, 2.45) is 0 Å². The average molecular weight is 2110 g/mol. The second kappa shape index (κ2) is 42.4. The Labute approximate surface area is 889 Å². The van der Waals surface area contributed by atoms with Crippen LogP contribution in [-0.2, 0) is 10.8 Å². The lowest BCUT2D eigenvalue weighted by Gasteiger charge is -2.32. The summed E-state index contributed by atoms with van der Waals surface area (Å²) >= 11 is 7.47. The third-order valence-corrected chi connectivity index (χ3v) is 29.9. The van der Waals surface area contributed by atoms with Crippen molar-refractivity contribution in [1.82, 2.24) is 0 Å². The fraction of sp³-hybridized carbons (Fsp3) is 0.0143. The smallest absolute Gasteiger partial charge is 0.0726 e. The molecule has 4 aliphatic carbocycles. The number of anilines is 6. The van der Waals surface area contributed by atoms with Crippen LogP contribution < -0.4 is 39.9 Å². The van der Waals surface area contributed by atoms with Crippen molar-refractivity contribution in [3.63, 3.8) is 0 Å². The van der Waals surface area contributed by atoms with Gasteiger partial charge >= 0.3 is 0 Å². The molecule has 0 fully saturated rings. The Balaban J connectivity index is 0.000000114. The molecule has 146 heavy (non-hydrogen) atoms. The first-order chi connectivity index (χ1) is 71.7. The summed E-state index contributed by atoms with van der Waals surface area (Å²) in [5, 5.41) is 3.63. The van der Waals surface area contributed by atoms with Crippen molar-refractivity contribution < 1.29 is 24.0 Å². The first-order valence-corrected chi connectivity index (χ1v) is 51.0. The average Bonchev–Trinajstić information content (AvgIpc) is 1.52. The summed E-state index contributed by atoms with van der Waals surface area (Å²) in [6.07, 6.45) is 0. The van der Waals surface area contributed by atoms with Crippen LogP contribution in [0.2, 0.25) is 0 Å². The molecule has 0 aromatic heterocycles. The Bertz CT molecular complexity index is 8460. The number of nitrogens with one attached hydrogen (secondary N) is 1. The van der Waals surface area contributed by atoms with E-state index in [0.29, 0.717) is 0 Å². The molecule has 0 radical (unpaired) electrons. The number of nitrogens with zero attached hydrogens (tertiary/aromatic N) is 1. The van der Waals surface area contributed by atoms with Gasteiger partial charge in [0, 0.05) is 53.9 Å². The predicted molar refractivity (Wildman–Crippen MR) is 618 cm³/mol. The highest BCUT2D eigenvalue weighted by molar-refractivity contribution is 9.11. The van der Waals surface area contributed by atoms with Crippen molar-refractivity contribution in [2.75, 3.05) is 16.0 Å². The van der Waals surface area contributed by atoms with E-state index in [2.05, 4.69) is 564 Å². The zero-order valence-corrected chi connectivity index (χ0v) is 85.4. The van der Waals surface area contributed by atoms with Gasteiger partial charge in [-0.25, -0.2) is 0 Å². The van der Waals surface area contributed by atoms with Gasteiger partial charge in [-0.3, -0.25) is 0 Å². The van der Waals surface area contributed by atoms with Gasteiger partial charge < -0.3 is 39.9 Å². The number of nitrogens with two attached hydrogens (primary N) is 1. The summed E-state index contributed by atoms with van der Waals surface area (Å²) in [6, 6.07) is 208. The largest absolute Gasteiger partial charge is 1.00 e. The second-order valence-corrected chi connectivity index (χ2v) is 38.5. The molecule has 3 nitrogen and oxygen atoms in total. The molecule has 0 unspecified atom stereocenters. The van der Waals surface area contributed by atoms with Crippen molar-refractivity contribution in [3.05, 3.63) is 636 Å². The van der Waals surface area contributed by atoms with Crippen LogP contribution in [-0.4, -0.2) is 0 Å². The molecular formula is C140H99Br2IN3-. The molecular weight excluding hydrogens is 2010 g/mol. The quantitative estimate of drug-likeness (QED) is 0.0842. The topological polar surface area (TPSA) is 41.3 Å². The SMILES string of the molecule is Brc1ccc(-c2ccccc2)cc1-c1ccccc1.Brc1cccc2c1-c1ccccc1C21c2ccccc2-c2ccccc21.Nc1ccc(-c2ccccc2)cc1.[I-].c1ccc(-c2ccc(N(c3ccc(-c4ccccc4)cc3-c3ccccc3)c3cccc4c3-c3ccccc3C43c4ccccc4-c4ccccc43)cc2)cc1.c1ccc(-c2ccc(Nc3ccc(-c4ccccc4)cc3-c3ccccc3)cc2)cc1. The van der Waals surface area contributed by atoms with Gasteiger partial charge in [-0.2, -0.15) is 0 Å². The van der Waals surface area contributed by atoms with Crippen LogP contribution in [0.3, 0.4) is 0 Å². The standard InChI is InChI=1S/C55H37N.C30H23N.C25H15Br.C18H13Br.C12H11N.HI/c1-4-17-38(18-5-1)40-31-34-43(35-32-40)56(52-36-33-42(39-19-6-2-7-20-39)37-47(52)41-21-8-3-9-22-41)53-30-16-29-51-54(53)46-25-12-15-28-50(46)55(51)48-26-13-10-23-44(48)45-24-11-14-27-49(45)55;1-4-10-23(11-5-1)25-16-19-28(20-17-25)31-30-21-18-27(24-12-6-2-7-13-24)22-29(30)26-14-8-3-9-15-26;26-23-15-7-14-22-24(23)18-10-3-6-13-21(18)25(22)19-11-4-1-8-16(19)17-9-2-5-12-20(17)25;19-18-12-11-16(14-7-3-1-4-8-14)13-17(18)15-9-5-2-6-10-15;13-12-8-6-11(7-9-12)10-4-2-1-3-5-10;/h1-37H;1-22,31H;1-15H;1-13H;1-9H,13H2;1H/p-1. The van der Waals surface area contributed by atoms with Crippen LogP contribution in [0.4, 0.5) is 34.1 Å². The Hall–Kier alpha value is -16.9. The zero-order valence-electron chi connectivity index (χ0n) is 80.1. The van der Waals surface area contributed by atoms with Crippen molar-refractivity contribution in [3.8, 4) is 145 Å². The van der Waals surface area contributed by atoms with Crippen LogP contribution >= 0.6 is 31.9 Å². The van der Waals surface area contributed by atoms with E-state index in [9.17, 15) is 0 Å². The second-order valence-electron chi connectivity index (χ2n) is 36.8. The van der Waals surface area contributed by atoms with Gasteiger partial charge in [0.2, 0.25) is 0 Å². The summed E-state index contributed by atoms with van der Waals surface area (Å²) < 4.78 is 2.29. The first kappa shape index (κ1) is 94.1. The molecule has 0 amide bonds. The summed E-state index contributed by atoms with van der Waals surface area (Å²) in [6.45, 7) is 0. The van der Waals surface area contributed by atoms with E-state index in [0.717, 1.165) is 38.6 Å². The Morgan fingerprint density at radius 2 is 0.445 bits per heavy atom. The van der Waals surface area contributed by atoms with Gasteiger partial charge in [0.15, 0.2) is 0 Å². The molecule has 0 saturated heterocycles. The number of nitrogen functional groups attached to an aromatic ring is 1. The molecule has 0 heterocycles. The van der Waals surface area contributed by atoms with Crippen molar-refractivity contribution in [1.29, 1.82) is 0 Å². The van der Waals surface area contributed by atoms with Crippen LogP contribution in [0.25, 0.3) is 145 Å². The monoisotopic (exact) mass is 2110 g/mol. The van der Waals surface area contributed by atoms with Gasteiger partial charge in [-0.05, 0) is 252 Å². The molecule has 27 rings (SSSR count). The molecule has 2 spiro atoms. The highest BCUT2D eigenvalue weighted by Crippen LogP contribution is 2.67. The van der Waals surface area contributed by atoms with Gasteiger partial charge in [0.1, 0.15) is 0 Å². The highest BCUT2D eigenvalue weighted by Gasteiger charge is 2.54. The molecule has 6 heteroatoms. The van der Waals surface area contributed by atoms with Crippen LogP contribution in [0.5, 0.6) is 0 Å². The van der Waals surface area contributed by atoms with E-state index in [1.807, 2.05) is 60.7 Å². The number of hydrogen-bond donors (Lipinski definition) is 2. The summed E-state index contributed by atoms with van der Waals surface area (Å²) in [5.41, 5.74) is 54.5. The Kier molecular flexibility index (Phi) is 27.3. The molecule has 0 atom stereocenters. The number of fused-ring (bicyclic) bond motifs is 20. The highest BCUT2D eigenvalue weighted by atomic mass is 127. The lowest BCUT2D eigenvalue weighted by molar-refractivity contribution is -0.0000265. The third-order valence-electron chi connectivity index (χ3n) is 28.5. The van der Waals surface area contributed by atoms with Gasteiger partial charge in [0.05, 0.1) is 22.2 Å². The number of benzene rings is 23. The lowest BCUT2D eigenvalue weighted by Crippen LogP contribution is -3.00. The van der Waals surface area contributed by atoms with Crippen LogP contribution in [0.15, 0.2) is 591 Å². The molecule has 3 N–H and O–H groups in total. The van der Waals surface area contributed by atoms with E-state index >= 15 is 0 Å². The van der Waals surface area contributed by atoms with Crippen LogP contribution in [0.1, 0.15) is 44.5 Å². The van der Waals surface area contributed by atoms with E-state index in [1.54, 1.807) is 0 Å².